The van der Waals surface area contributed by atoms with E-state index in [1.165, 1.54) is 19.3 Å². The summed E-state index contributed by atoms with van der Waals surface area (Å²) in [5.74, 6) is 6.44. The average Bonchev–Trinajstić information content (AvgIpc) is 2.27. The molecular formula is C13H18Cl2N2. The van der Waals surface area contributed by atoms with E-state index >= 15 is 0 Å². The summed E-state index contributed by atoms with van der Waals surface area (Å²) >= 11 is 12.2. The molecule has 0 radical (unpaired) electrons. The van der Waals surface area contributed by atoms with Crippen molar-refractivity contribution in [1.29, 1.82) is 0 Å². The lowest BCUT2D eigenvalue weighted by molar-refractivity contribution is 0.259. The lowest BCUT2D eigenvalue weighted by atomic mass is 9.80. The van der Waals surface area contributed by atoms with Crippen molar-refractivity contribution in [2.24, 2.45) is 11.8 Å². The number of hydrogen-bond acceptors (Lipinski definition) is 2. The zero-order chi connectivity index (χ0) is 12.3. The Labute approximate surface area is 112 Å². The largest absolute Gasteiger partial charge is 0.271 e. The molecule has 2 nitrogen and oxygen atoms in total. The minimum atomic E-state index is 0.288. The number of nitrogens with two attached hydrogens (primary N) is 1. The topological polar surface area (TPSA) is 38.0 Å². The van der Waals surface area contributed by atoms with Gasteiger partial charge in [0.2, 0.25) is 0 Å². The van der Waals surface area contributed by atoms with E-state index in [9.17, 15) is 0 Å². The zero-order valence-corrected chi connectivity index (χ0v) is 11.3. The van der Waals surface area contributed by atoms with Crippen molar-refractivity contribution in [3.05, 3.63) is 33.8 Å². The first-order valence-corrected chi connectivity index (χ1v) is 6.85. The second-order valence-corrected chi connectivity index (χ2v) is 5.60. The molecule has 1 atom stereocenters. The van der Waals surface area contributed by atoms with Crippen LogP contribution in [0.5, 0.6) is 0 Å². The molecule has 2 rings (SSSR count). The first kappa shape index (κ1) is 13.2. The Morgan fingerprint density at radius 3 is 2.71 bits per heavy atom. The number of hydrogen-bond donors (Lipinski definition) is 2. The Morgan fingerprint density at radius 2 is 2.12 bits per heavy atom. The molecule has 0 bridgehead atoms. The Kier molecular flexibility index (Phi) is 4.69. The van der Waals surface area contributed by atoms with Crippen LogP contribution in [-0.4, -0.2) is 6.04 Å². The van der Waals surface area contributed by atoms with Crippen molar-refractivity contribution in [3.63, 3.8) is 0 Å². The van der Waals surface area contributed by atoms with Crippen LogP contribution in [0.15, 0.2) is 18.2 Å². The van der Waals surface area contributed by atoms with Gasteiger partial charge < -0.3 is 0 Å². The standard InChI is InChI=1S/C13H18Cl2N2/c14-12-6-2-5-10(13(12)15)8-11(17-16)7-9-3-1-4-9/h2,5-6,9,11,17H,1,3-4,7-8,16H2. The number of nitrogens with one attached hydrogen (secondary N) is 1. The predicted molar refractivity (Wildman–Crippen MR) is 73.2 cm³/mol. The van der Waals surface area contributed by atoms with E-state index in [0.29, 0.717) is 10.0 Å². The third kappa shape index (κ3) is 3.35. The van der Waals surface area contributed by atoms with E-state index in [2.05, 4.69) is 5.43 Å². The van der Waals surface area contributed by atoms with Gasteiger partial charge in [-0.1, -0.05) is 54.6 Å². The van der Waals surface area contributed by atoms with Crippen LogP contribution in [0.4, 0.5) is 0 Å². The second-order valence-electron chi connectivity index (χ2n) is 4.81. The Balaban J connectivity index is 1.99. The first-order valence-electron chi connectivity index (χ1n) is 6.09. The van der Waals surface area contributed by atoms with Crippen LogP contribution in [-0.2, 0) is 6.42 Å². The maximum absolute atomic E-state index is 6.18. The lowest BCUT2D eigenvalue weighted by Crippen LogP contribution is -2.39. The highest BCUT2D eigenvalue weighted by Gasteiger charge is 2.22. The lowest BCUT2D eigenvalue weighted by Gasteiger charge is -2.29. The highest BCUT2D eigenvalue weighted by atomic mass is 35.5. The van der Waals surface area contributed by atoms with Crippen molar-refractivity contribution in [1.82, 2.24) is 5.43 Å². The van der Waals surface area contributed by atoms with Crippen molar-refractivity contribution >= 4 is 23.2 Å². The SMILES string of the molecule is NNC(Cc1cccc(Cl)c1Cl)CC1CCC1. The van der Waals surface area contributed by atoms with Crippen LogP contribution < -0.4 is 11.3 Å². The van der Waals surface area contributed by atoms with Crippen LogP contribution in [0.2, 0.25) is 10.0 Å². The molecule has 1 aromatic rings. The highest BCUT2D eigenvalue weighted by molar-refractivity contribution is 6.42. The molecule has 1 aliphatic rings. The number of hydrazine groups is 1. The monoisotopic (exact) mass is 272 g/mol. The van der Waals surface area contributed by atoms with E-state index in [1.54, 1.807) is 0 Å². The molecule has 0 amide bonds. The molecule has 0 saturated heterocycles. The third-order valence-electron chi connectivity index (χ3n) is 3.58. The van der Waals surface area contributed by atoms with Crippen LogP contribution >= 0.6 is 23.2 Å². The predicted octanol–water partition coefficient (Wildman–Crippen LogP) is 3.56. The third-order valence-corrected chi connectivity index (χ3v) is 4.43. The Bertz CT molecular complexity index is 378. The molecule has 0 spiro atoms. The van der Waals surface area contributed by atoms with Gasteiger partial charge in [-0.15, -0.1) is 0 Å². The van der Waals surface area contributed by atoms with Crippen molar-refractivity contribution in [2.75, 3.05) is 0 Å². The maximum atomic E-state index is 6.18. The van der Waals surface area contributed by atoms with E-state index in [4.69, 9.17) is 29.0 Å². The van der Waals surface area contributed by atoms with E-state index in [0.717, 1.165) is 24.3 Å². The molecular weight excluding hydrogens is 255 g/mol. The molecule has 0 aliphatic heterocycles. The van der Waals surface area contributed by atoms with Gasteiger partial charge in [-0.3, -0.25) is 11.3 Å². The summed E-state index contributed by atoms with van der Waals surface area (Å²) in [6.07, 6.45) is 5.99. The smallest absolute Gasteiger partial charge is 0.0624 e. The molecule has 1 unspecified atom stereocenters. The summed E-state index contributed by atoms with van der Waals surface area (Å²) in [7, 11) is 0. The number of benzene rings is 1. The Hall–Kier alpha value is -0.280. The fraction of sp³-hybridized carbons (Fsp3) is 0.538. The first-order chi connectivity index (χ1) is 8.20. The van der Waals surface area contributed by atoms with Crippen LogP contribution in [0.25, 0.3) is 0 Å². The van der Waals surface area contributed by atoms with E-state index in [-0.39, 0.29) is 6.04 Å². The summed E-state index contributed by atoms with van der Waals surface area (Å²) in [6, 6.07) is 6.04. The minimum absolute atomic E-state index is 0.288. The summed E-state index contributed by atoms with van der Waals surface area (Å²) in [6.45, 7) is 0. The minimum Gasteiger partial charge on any atom is -0.271 e. The summed E-state index contributed by atoms with van der Waals surface area (Å²) in [5.41, 5.74) is 3.97. The normalized spacial score (nSPS) is 17.8. The maximum Gasteiger partial charge on any atom is 0.0624 e. The van der Waals surface area contributed by atoms with E-state index < -0.39 is 0 Å². The van der Waals surface area contributed by atoms with Crippen LogP contribution in [0.1, 0.15) is 31.2 Å². The van der Waals surface area contributed by atoms with Gasteiger partial charge in [0.25, 0.3) is 0 Å². The van der Waals surface area contributed by atoms with Crippen molar-refractivity contribution in [3.8, 4) is 0 Å². The molecule has 3 N–H and O–H groups in total. The van der Waals surface area contributed by atoms with Crippen molar-refractivity contribution in [2.45, 2.75) is 38.1 Å². The van der Waals surface area contributed by atoms with Gasteiger partial charge in [0.1, 0.15) is 0 Å². The van der Waals surface area contributed by atoms with Gasteiger partial charge in [0.05, 0.1) is 10.0 Å². The van der Waals surface area contributed by atoms with Gasteiger partial charge >= 0.3 is 0 Å². The van der Waals surface area contributed by atoms with Gasteiger partial charge in [-0.05, 0) is 30.4 Å². The van der Waals surface area contributed by atoms with Gasteiger partial charge in [0.15, 0.2) is 0 Å². The van der Waals surface area contributed by atoms with Crippen LogP contribution in [0, 0.1) is 5.92 Å². The fourth-order valence-corrected chi connectivity index (χ4v) is 2.71. The summed E-state index contributed by atoms with van der Waals surface area (Å²) in [5, 5.41) is 1.27. The van der Waals surface area contributed by atoms with E-state index in [1.807, 2.05) is 18.2 Å². The van der Waals surface area contributed by atoms with Gasteiger partial charge in [-0.25, -0.2) is 0 Å². The van der Waals surface area contributed by atoms with Crippen molar-refractivity contribution < 1.29 is 0 Å². The molecule has 94 valence electrons. The van der Waals surface area contributed by atoms with Crippen LogP contribution in [0.3, 0.4) is 0 Å². The molecule has 1 aliphatic carbocycles. The number of rotatable bonds is 5. The molecule has 0 aromatic heterocycles. The fourth-order valence-electron chi connectivity index (χ4n) is 2.31. The molecule has 17 heavy (non-hydrogen) atoms. The van der Waals surface area contributed by atoms with Gasteiger partial charge in [0, 0.05) is 6.04 Å². The zero-order valence-electron chi connectivity index (χ0n) is 9.76. The summed E-state index contributed by atoms with van der Waals surface area (Å²) < 4.78 is 0. The molecule has 0 heterocycles. The Morgan fingerprint density at radius 1 is 1.35 bits per heavy atom. The second kappa shape index (κ2) is 6.05. The quantitative estimate of drug-likeness (QED) is 0.636. The summed E-state index contributed by atoms with van der Waals surface area (Å²) in [4.78, 5) is 0. The molecule has 4 heteroatoms. The van der Waals surface area contributed by atoms with Gasteiger partial charge in [-0.2, -0.15) is 0 Å². The number of halogens is 2. The molecule has 1 fully saturated rings. The average molecular weight is 273 g/mol. The molecule has 1 saturated carbocycles. The highest BCUT2D eigenvalue weighted by Crippen LogP contribution is 2.32. The molecule has 1 aromatic carbocycles.